The van der Waals surface area contributed by atoms with Crippen LogP contribution in [0.3, 0.4) is 0 Å². The number of Topliss-reactive ketones (excluding diaryl/α,β-unsaturated/α-hetero) is 1. The van der Waals surface area contributed by atoms with Gasteiger partial charge < -0.3 is 5.11 Å². The summed E-state index contributed by atoms with van der Waals surface area (Å²) in [5.74, 6) is -2.55. The summed E-state index contributed by atoms with van der Waals surface area (Å²) in [5.41, 5.74) is -0.301. The third kappa shape index (κ3) is 1.83. The van der Waals surface area contributed by atoms with Gasteiger partial charge in [-0.2, -0.15) is 5.26 Å². The van der Waals surface area contributed by atoms with Crippen molar-refractivity contribution in [1.82, 2.24) is 0 Å². The lowest BCUT2D eigenvalue weighted by atomic mass is 10.1. The molecule has 1 N–H and O–H groups in total. The van der Waals surface area contributed by atoms with Crippen molar-refractivity contribution in [1.29, 1.82) is 5.26 Å². The Balaban J connectivity index is 3.32. The minimum atomic E-state index is -1.00. The van der Waals surface area contributed by atoms with Gasteiger partial charge in [-0.1, -0.05) is 0 Å². The lowest BCUT2D eigenvalue weighted by Gasteiger charge is -2.01. The maximum Gasteiger partial charge on any atom is 0.177 e. The van der Waals surface area contributed by atoms with E-state index in [1.165, 1.54) is 0 Å². The normalized spacial score (nSPS) is 9.50. The minimum absolute atomic E-state index is 0.0214. The van der Waals surface area contributed by atoms with Crippen molar-refractivity contribution in [3.8, 4) is 11.8 Å². The molecule has 3 nitrogen and oxygen atoms in total. The van der Waals surface area contributed by atoms with E-state index in [1.807, 2.05) is 0 Å². The third-order valence-corrected chi connectivity index (χ3v) is 1.87. The van der Waals surface area contributed by atoms with Gasteiger partial charge in [-0.05, 0) is 12.1 Å². The van der Waals surface area contributed by atoms with Crippen molar-refractivity contribution in [2.45, 2.75) is 0 Å². The first-order valence-electron chi connectivity index (χ1n) is 3.62. The Morgan fingerprint density at radius 1 is 1.64 bits per heavy atom. The molecule has 0 spiro atoms. The summed E-state index contributed by atoms with van der Waals surface area (Å²) in [6, 6.07) is 3.52. The number of hydrogen-bond donors (Lipinski definition) is 1. The highest BCUT2D eigenvalue weighted by atomic mass is 35.5. The molecule has 1 aromatic carbocycles. The molecule has 0 amide bonds. The van der Waals surface area contributed by atoms with Crippen LogP contribution < -0.4 is 0 Å². The van der Waals surface area contributed by atoms with E-state index in [-0.39, 0.29) is 17.0 Å². The monoisotopic (exact) mass is 213 g/mol. The quantitative estimate of drug-likeness (QED) is 0.602. The van der Waals surface area contributed by atoms with Gasteiger partial charge in [0.1, 0.15) is 6.07 Å². The number of hydrogen-bond acceptors (Lipinski definition) is 3. The van der Waals surface area contributed by atoms with Gasteiger partial charge in [-0.3, -0.25) is 4.79 Å². The summed E-state index contributed by atoms with van der Waals surface area (Å²) in [5, 5.41) is 17.5. The summed E-state index contributed by atoms with van der Waals surface area (Å²) in [4.78, 5) is 11.1. The first kappa shape index (κ1) is 10.5. The summed E-state index contributed by atoms with van der Waals surface area (Å²) >= 11 is 5.26. The number of ketones is 1. The van der Waals surface area contributed by atoms with Crippen molar-refractivity contribution < 1.29 is 14.3 Å². The second kappa shape index (κ2) is 4.07. The first-order valence-corrected chi connectivity index (χ1v) is 4.15. The van der Waals surface area contributed by atoms with Crippen molar-refractivity contribution in [2.24, 2.45) is 0 Å². The lowest BCUT2D eigenvalue weighted by Crippen LogP contribution is -2.01. The summed E-state index contributed by atoms with van der Waals surface area (Å²) in [6.45, 7) is 0. The van der Waals surface area contributed by atoms with Crippen LogP contribution in [-0.2, 0) is 0 Å². The van der Waals surface area contributed by atoms with Crippen LogP contribution in [0, 0.1) is 17.1 Å². The van der Waals surface area contributed by atoms with Gasteiger partial charge in [-0.15, -0.1) is 11.6 Å². The zero-order valence-corrected chi connectivity index (χ0v) is 7.68. The topological polar surface area (TPSA) is 61.1 Å². The highest BCUT2D eigenvalue weighted by molar-refractivity contribution is 6.30. The van der Waals surface area contributed by atoms with Gasteiger partial charge in [0.15, 0.2) is 17.3 Å². The van der Waals surface area contributed by atoms with Crippen molar-refractivity contribution in [3.63, 3.8) is 0 Å². The number of phenols is 1. The van der Waals surface area contributed by atoms with Crippen LogP contribution in [0.2, 0.25) is 0 Å². The Bertz CT molecular complexity index is 426. The van der Waals surface area contributed by atoms with Crippen LogP contribution in [0.4, 0.5) is 4.39 Å². The van der Waals surface area contributed by atoms with Crippen LogP contribution in [0.25, 0.3) is 0 Å². The molecule has 1 aromatic rings. The number of carbonyl (C=O) groups is 1. The van der Waals surface area contributed by atoms with Gasteiger partial charge in [0.25, 0.3) is 0 Å². The largest absolute Gasteiger partial charge is 0.504 e. The Kier molecular flexibility index (Phi) is 3.05. The van der Waals surface area contributed by atoms with Gasteiger partial charge in [0, 0.05) is 5.56 Å². The van der Waals surface area contributed by atoms with Crippen LogP contribution in [-0.4, -0.2) is 16.8 Å². The third-order valence-electron chi connectivity index (χ3n) is 1.63. The molecule has 0 aromatic heterocycles. The molecule has 0 atom stereocenters. The zero-order chi connectivity index (χ0) is 10.7. The average Bonchev–Trinajstić information content (AvgIpc) is 2.20. The predicted molar refractivity (Wildman–Crippen MR) is 47.8 cm³/mol. The average molecular weight is 214 g/mol. The van der Waals surface area contributed by atoms with Crippen molar-refractivity contribution in [3.05, 3.63) is 29.1 Å². The number of alkyl halides is 1. The fourth-order valence-electron chi connectivity index (χ4n) is 0.922. The zero-order valence-electron chi connectivity index (χ0n) is 6.92. The van der Waals surface area contributed by atoms with Gasteiger partial charge in [0.2, 0.25) is 0 Å². The summed E-state index contributed by atoms with van der Waals surface area (Å²) < 4.78 is 12.9. The maximum atomic E-state index is 12.9. The van der Waals surface area contributed by atoms with Crippen molar-refractivity contribution >= 4 is 17.4 Å². The fourth-order valence-corrected chi connectivity index (χ4v) is 1.08. The number of carbonyl (C=O) groups excluding carboxylic acids is 1. The minimum Gasteiger partial charge on any atom is -0.504 e. The molecule has 0 unspecified atom stereocenters. The number of benzene rings is 1. The molecule has 14 heavy (non-hydrogen) atoms. The van der Waals surface area contributed by atoms with Gasteiger partial charge >= 0.3 is 0 Å². The first-order chi connectivity index (χ1) is 6.60. The number of aromatic hydroxyl groups is 1. The molecule has 0 fully saturated rings. The highest BCUT2D eigenvalue weighted by Gasteiger charge is 2.13. The standard InChI is InChI=1S/C9H5ClFNO2/c10-3-8(13)5-1-6(4-12)9(14)7(11)2-5/h1-2,14H,3H2. The molecule has 0 aliphatic heterocycles. The maximum absolute atomic E-state index is 12.9. The van der Waals surface area contributed by atoms with Gasteiger partial charge in [-0.25, -0.2) is 4.39 Å². The smallest absolute Gasteiger partial charge is 0.177 e. The number of phenolic OH excluding ortho intramolecular Hbond substituents is 1. The van der Waals surface area contributed by atoms with E-state index >= 15 is 0 Å². The molecule has 0 aliphatic carbocycles. The van der Waals surface area contributed by atoms with Crippen LogP contribution in [0.5, 0.6) is 5.75 Å². The second-order valence-corrected chi connectivity index (χ2v) is 2.79. The fraction of sp³-hybridized carbons (Fsp3) is 0.111. The Morgan fingerprint density at radius 2 is 2.29 bits per heavy atom. The second-order valence-electron chi connectivity index (χ2n) is 2.52. The summed E-state index contributed by atoms with van der Waals surface area (Å²) in [6.07, 6.45) is 0. The summed E-state index contributed by atoms with van der Waals surface area (Å²) in [7, 11) is 0. The van der Waals surface area contributed by atoms with Crippen LogP contribution in [0.1, 0.15) is 15.9 Å². The number of nitriles is 1. The molecule has 0 aliphatic rings. The van der Waals surface area contributed by atoms with Crippen LogP contribution in [0.15, 0.2) is 12.1 Å². The van der Waals surface area contributed by atoms with E-state index in [9.17, 15) is 9.18 Å². The Hall–Kier alpha value is -1.60. The molecule has 0 saturated carbocycles. The Labute approximate surface area is 84.3 Å². The van der Waals surface area contributed by atoms with Gasteiger partial charge in [0.05, 0.1) is 11.4 Å². The molecule has 0 saturated heterocycles. The SMILES string of the molecule is N#Cc1cc(C(=O)CCl)cc(F)c1O. The molecular formula is C9H5ClFNO2. The molecule has 0 radical (unpaired) electrons. The number of halogens is 2. The van der Waals surface area contributed by atoms with Crippen molar-refractivity contribution in [2.75, 3.05) is 5.88 Å². The van der Waals surface area contributed by atoms with E-state index < -0.39 is 17.3 Å². The van der Waals surface area contributed by atoms with E-state index in [0.29, 0.717) is 0 Å². The highest BCUT2D eigenvalue weighted by Crippen LogP contribution is 2.22. The molecule has 1 rings (SSSR count). The van der Waals surface area contributed by atoms with Crippen LogP contribution >= 0.6 is 11.6 Å². The van der Waals surface area contributed by atoms with E-state index in [0.717, 1.165) is 12.1 Å². The molecular weight excluding hydrogens is 209 g/mol. The predicted octanol–water partition coefficient (Wildman–Crippen LogP) is 1.82. The van der Waals surface area contributed by atoms with E-state index in [1.54, 1.807) is 6.07 Å². The molecule has 0 heterocycles. The molecule has 72 valence electrons. The molecule has 5 heteroatoms. The number of rotatable bonds is 2. The Morgan fingerprint density at radius 3 is 2.79 bits per heavy atom. The molecule has 0 bridgehead atoms. The lowest BCUT2D eigenvalue weighted by molar-refractivity contribution is 0.102. The number of nitrogens with zero attached hydrogens (tertiary/aromatic N) is 1. The van der Waals surface area contributed by atoms with E-state index in [4.69, 9.17) is 22.0 Å². The van der Waals surface area contributed by atoms with E-state index in [2.05, 4.69) is 0 Å².